The fourth-order valence-corrected chi connectivity index (χ4v) is 4.00. The minimum atomic E-state index is 0.0765. The van der Waals surface area contributed by atoms with Gasteiger partial charge in [-0.3, -0.25) is 9.59 Å². The molecule has 0 atom stereocenters. The molecule has 0 N–H and O–H groups in total. The Morgan fingerprint density at radius 2 is 1.38 bits per heavy atom. The monoisotopic (exact) mass is 357 g/mol. The van der Waals surface area contributed by atoms with Crippen LogP contribution in [0.2, 0.25) is 0 Å². The molecule has 5 heteroatoms. The first-order chi connectivity index (χ1) is 12.6. The van der Waals surface area contributed by atoms with Crippen LogP contribution in [0.25, 0.3) is 0 Å². The summed E-state index contributed by atoms with van der Waals surface area (Å²) in [4.78, 5) is 31.4. The molecule has 5 nitrogen and oxygen atoms in total. The number of hydrogen-bond donors (Lipinski definition) is 0. The highest BCUT2D eigenvalue weighted by Crippen LogP contribution is 2.21. The van der Waals surface area contributed by atoms with Crippen molar-refractivity contribution in [1.82, 2.24) is 9.80 Å². The van der Waals surface area contributed by atoms with Gasteiger partial charge in [0, 0.05) is 56.4 Å². The van der Waals surface area contributed by atoms with E-state index in [2.05, 4.69) is 30.9 Å². The second kappa shape index (κ2) is 8.56. The van der Waals surface area contributed by atoms with Gasteiger partial charge in [-0.05, 0) is 49.9 Å². The van der Waals surface area contributed by atoms with Crippen LogP contribution in [0.3, 0.4) is 0 Å². The van der Waals surface area contributed by atoms with Gasteiger partial charge in [0.2, 0.25) is 5.91 Å². The van der Waals surface area contributed by atoms with Crippen molar-refractivity contribution in [2.75, 3.05) is 44.2 Å². The van der Waals surface area contributed by atoms with Crippen LogP contribution < -0.4 is 4.90 Å². The molecule has 142 valence electrons. The second-order valence-electron chi connectivity index (χ2n) is 7.37. The van der Waals surface area contributed by atoms with Crippen LogP contribution >= 0.6 is 0 Å². The van der Waals surface area contributed by atoms with Crippen molar-refractivity contribution in [1.29, 1.82) is 0 Å². The van der Waals surface area contributed by atoms with Gasteiger partial charge in [0.25, 0.3) is 5.91 Å². The van der Waals surface area contributed by atoms with E-state index in [1.54, 1.807) is 0 Å². The minimum absolute atomic E-state index is 0.0765. The third-order valence-corrected chi connectivity index (χ3v) is 5.80. The highest BCUT2D eigenvalue weighted by molar-refractivity contribution is 5.94. The first kappa shape index (κ1) is 18.7. The summed E-state index contributed by atoms with van der Waals surface area (Å²) in [6.07, 6.45) is 4.27. The normalized spacial score (nSPS) is 17.9. The smallest absolute Gasteiger partial charge is 0.253 e. The van der Waals surface area contributed by atoms with Crippen LogP contribution in [0.5, 0.6) is 0 Å². The number of nitrogens with zero attached hydrogens (tertiary/aromatic N) is 3. The van der Waals surface area contributed by atoms with Gasteiger partial charge in [0.15, 0.2) is 0 Å². The second-order valence-corrected chi connectivity index (χ2v) is 7.37. The molecule has 0 bridgehead atoms. The topological polar surface area (TPSA) is 43.9 Å². The Morgan fingerprint density at radius 1 is 0.846 bits per heavy atom. The predicted molar refractivity (Wildman–Crippen MR) is 104 cm³/mol. The maximum absolute atomic E-state index is 12.8. The molecule has 0 aromatic heterocycles. The zero-order valence-electron chi connectivity index (χ0n) is 16.1. The molecule has 0 radical (unpaired) electrons. The lowest BCUT2D eigenvalue weighted by molar-refractivity contribution is -0.137. The van der Waals surface area contributed by atoms with Crippen molar-refractivity contribution in [3.8, 4) is 0 Å². The minimum Gasteiger partial charge on any atom is -0.372 e. The van der Waals surface area contributed by atoms with Crippen LogP contribution in [0.15, 0.2) is 24.3 Å². The van der Waals surface area contributed by atoms with Gasteiger partial charge < -0.3 is 14.7 Å². The molecule has 2 amide bonds. The van der Waals surface area contributed by atoms with E-state index in [1.807, 2.05) is 21.9 Å². The number of carbonyl (C=O) groups excluding carboxylic acids is 2. The molecule has 0 unspecified atom stereocenters. The fourth-order valence-electron chi connectivity index (χ4n) is 4.00. The lowest BCUT2D eigenvalue weighted by Crippen LogP contribution is -2.51. The number of carbonyl (C=O) groups is 2. The number of amides is 2. The molecule has 0 aliphatic carbocycles. The third-order valence-electron chi connectivity index (χ3n) is 5.80. The number of hydrogen-bond acceptors (Lipinski definition) is 3. The summed E-state index contributed by atoms with van der Waals surface area (Å²) in [6.45, 7) is 8.89. The van der Waals surface area contributed by atoms with E-state index in [9.17, 15) is 9.59 Å². The maximum Gasteiger partial charge on any atom is 0.253 e. The van der Waals surface area contributed by atoms with Gasteiger partial charge in [-0.25, -0.2) is 0 Å². The number of piperazine rings is 1. The average molecular weight is 357 g/mol. The Balaban J connectivity index is 1.55. The number of anilines is 1. The lowest BCUT2D eigenvalue weighted by Gasteiger charge is -2.36. The van der Waals surface area contributed by atoms with Crippen molar-refractivity contribution in [2.24, 2.45) is 5.92 Å². The summed E-state index contributed by atoms with van der Waals surface area (Å²) < 4.78 is 0. The highest BCUT2D eigenvalue weighted by Gasteiger charge is 2.27. The molecule has 26 heavy (non-hydrogen) atoms. The first-order valence-corrected chi connectivity index (χ1v) is 10.1. The molecule has 1 aromatic carbocycles. The quantitative estimate of drug-likeness (QED) is 0.814. The molecule has 0 saturated carbocycles. The van der Waals surface area contributed by atoms with E-state index in [4.69, 9.17) is 0 Å². The number of rotatable bonds is 5. The van der Waals surface area contributed by atoms with Crippen molar-refractivity contribution in [3.05, 3.63) is 29.8 Å². The molecule has 2 aliphatic heterocycles. The summed E-state index contributed by atoms with van der Waals surface area (Å²) in [5.74, 6) is 0.444. The molecule has 2 fully saturated rings. The Morgan fingerprint density at radius 3 is 1.92 bits per heavy atom. The van der Waals surface area contributed by atoms with Crippen LogP contribution in [-0.4, -0.2) is 60.9 Å². The molecule has 2 aliphatic rings. The van der Waals surface area contributed by atoms with Crippen LogP contribution in [0, 0.1) is 5.92 Å². The van der Waals surface area contributed by atoms with E-state index < -0.39 is 0 Å². The molecule has 3 rings (SSSR count). The molecule has 0 spiro atoms. The first-order valence-electron chi connectivity index (χ1n) is 10.1. The molecular formula is C21H31N3O2. The Hall–Kier alpha value is -2.04. The van der Waals surface area contributed by atoms with Gasteiger partial charge in [-0.15, -0.1) is 0 Å². The zero-order valence-corrected chi connectivity index (χ0v) is 16.1. The van der Waals surface area contributed by atoms with Gasteiger partial charge in [0.1, 0.15) is 0 Å². The lowest BCUT2D eigenvalue weighted by atomic mass is 10.0. The number of benzene rings is 1. The van der Waals surface area contributed by atoms with E-state index in [0.29, 0.717) is 26.2 Å². The third kappa shape index (κ3) is 4.02. The van der Waals surface area contributed by atoms with Gasteiger partial charge in [0.05, 0.1) is 0 Å². The van der Waals surface area contributed by atoms with Gasteiger partial charge >= 0.3 is 0 Å². The van der Waals surface area contributed by atoms with E-state index in [0.717, 1.165) is 31.5 Å². The van der Waals surface area contributed by atoms with Gasteiger partial charge in [-0.1, -0.05) is 13.8 Å². The summed E-state index contributed by atoms with van der Waals surface area (Å²) in [7, 11) is 0. The molecule has 2 heterocycles. The predicted octanol–water partition coefficient (Wildman–Crippen LogP) is 3.01. The van der Waals surface area contributed by atoms with Crippen molar-refractivity contribution < 1.29 is 9.59 Å². The summed E-state index contributed by atoms with van der Waals surface area (Å²) in [5, 5.41) is 0. The molecular weight excluding hydrogens is 326 g/mol. The van der Waals surface area contributed by atoms with E-state index >= 15 is 0 Å². The van der Waals surface area contributed by atoms with Gasteiger partial charge in [-0.2, -0.15) is 0 Å². The SMILES string of the molecule is CCC(CC)C(=O)N1CCN(C(=O)c2ccc(N3CCCC3)cc2)CC1. The Kier molecular flexibility index (Phi) is 6.17. The van der Waals surface area contributed by atoms with Crippen LogP contribution in [0.4, 0.5) is 5.69 Å². The molecule has 1 aromatic rings. The zero-order chi connectivity index (χ0) is 18.5. The van der Waals surface area contributed by atoms with Crippen molar-refractivity contribution in [2.45, 2.75) is 39.5 Å². The van der Waals surface area contributed by atoms with Crippen LogP contribution in [-0.2, 0) is 4.79 Å². The summed E-state index contributed by atoms with van der Waals surface area (Å²) in [5.41, 5.74) is 1.95. The van der Waals surface area contributed by atoms with Crippen molar-refractivity contribution in [3.63, 3.8) is 0 Å². The standard InChI is InChI=1S/C21H31N3O2/c1-3-17(4-2)20(25)23-13-15-24(16-14-23)21(26)18-7-9-19(10-8-18)22-11-5-6-12-22/h7-10,17H,3-6,11-16H2,1-2H3. The fraction of sp³-hybridized carbons (Fsp3) is 0.619. The Labute approximate surface area is 156 Å². The summed E-state index contributed by atoms with van der Waals surface area (Å²) >= 11 is 0. The molecule has 2 saturated heterocycles. The summed E-state index contributed by atoms with van der Waals surface area (Å²) in [6, 6.07) is 8.01. The van der Waals surface area contributed by atoms with Crippen molar-refractivity contribution >= 4 is 17.5 Å². The highest BCUT2D eigenvalue weighted by atomic mass is 16.2. The Bertz CT molecular complexity index is 611. The maximum atomic E-state index is 12.8. The largest absolute Gasteiger partial charge is 0.372 e. The van der Waals surface area contributed by atoms with Crippen LogP contribution in [0.1, 0.15) is 49.9 Å². The van der Waals surface area contributed by atoms with E-state index in [-0.39, 0.29) is 17.7 Å². The van der Waals surface area contributed by atoms with E-state index in [1.165, 1.54) is 18.5 Å². The average Bonchev–Trinajstić information content (AvgIpc) is 3.23.